The molecule has 1 aliphatic rings. The van der Waals surface area contributed by atoms with Crippen LogP contribution in [-0.4, -0.2) is 33.5 Å². The van der Waals surface area contributed by atoms with Gasteiger partial charge < -0.3 is 15.0 Å². The highest BCUT2D eigenvalue weighted by molar-refractivity contribution is 6.06. The van der Waals surface area contributed by atoms with E-state index in [0.717, 1.165) is 22.3 Å². The van der Waals surface area contributed by atoms with E-state index in [9.17, 15) is 9.59 Å². The van der Waals surface area contributed by atoms with E-state index < -0.39 is 11.9 Å². The number of carbonyl (C=O) groups excluding carboxylic acids is 1. The Morgan fingerprint density at radius 2 is 2.25 bits per heavy atom. The Hall–Kier alpha value is -2.37. The molecule has 104 valence electrons. The molecule has 0 aliphatic carbocycles. The zero-order chi connectivity index (χ0) is 14.4. The van der Waals surface area contributed by atoms with Gasteiger partial charge in [0, 0.05) is 13.0 Å². The van der Waals surface area contributed by atoms with E-state index in [4.69, 9.17) is 5.11 Å². The van der Waals surface area contributed by atoms with Crippen LogP contribution >= 0.6 is 0 Å². The first-order valence-corrected chi connectivity index (χ1v) is 6.45. The molecule has 1 aromatic heterocycles. The fraction of sp³-hybridized carbons (Fsp3) is 0.357. The van der Waals surface area contributed by atoms with Crippen LogP contribution < -0.4 is 4.90 Å². The van der Waals surface area contributed by atoms with Gasteiger partial charge in [0.25, 0.3) is 0 Å². The number of aromatic amines is 1. The van der Waals surface area contributed by atoms with Crippen LogP contribution in [0.2, 0.25) is 0 Å². The van der Waals surface area contributed by atoms with Gasteiger partial charge in [0.1, 0.15) is 5.52 Å². The van der Waals surface area contributed by atoms with Crippen LogP contribution in [0.15, 0.2) is 12.4 Å². The number of aliphatic carboxylic acids is 1. The van der Waals surface area contributed by atoms with Crippen molar-refractivity contribution in [1.82, 2.24) is 9.97 Å². The van der Waals surface area contributed by atoms with E-state index in [0.29, 0.717) is 5.52 Å². The highest BCUT2D eigenvalue weighted by atomic mass is 16.4. The Morgan fingerprint density at radius 1 is 1.50 bits per heavy atom. The monoisotopic (exact) mass is 273 g/mol. The second-order valence-corrected chi connectivity index (χ2v) is 5.21. The minimum absolute atomic E-state index is 0.0502. The van der Waals surface area contributed by atoms with E-state index in [1.54, 1.807) is 11.2 Å². The van der Waals surface area contributed by atoms with Crippen molar-refractivity contribution in [2.24, 2.45) is 5.92 Å². The molecule has 1 aromatic carbocycles. The zero-order valence-electron chi connectivity index (χ0n) is 11.3. The van der Waals surface area contributed by atoms with Crippen LogP contribution in [-0.2, 0) is 9.59 Å². The molecule has 2 N–H and O–H groups in total. The number of fused-ring (bicyclic) bond motifs is 1. The first-order chi connectivity index (χ1) is 9.49. The summed E-state index contributed by atoms with van der Waals surface area (Å²) in [7, 11) is 0. The largest absolute Gasteiger partial charge is 0.481 e. The Labute approximate surface area is 115 Å². The van der Waals surface area contributed by atoms with Crippen molar-refractivity contribution in [1.29, 1.82) is 0 Å². The van der Waals surface area contributed by atoms with Gasteiger partial charge in [-0.3, -0.25) is 9.59 Å². The molecule has 0 saturated carbocycles. The smallest absolute Gasteiger partial charge is 0.308 e. The number of carbonyl (C=O) groups is 2. The minimum atomic E-state index is -0.926. The molecule has 1 saturated heterocycles. The van der Waals surface area contributed by atoms with Gasteiger partial charge in [0.15, 0.2) is 0 Å². The molecule has 2 heterocycles. The Kier molecular flexibility index (Phi) is 2.74. The summed E-state index contributed by atoms with van der Waals surface area (Å²) in [4.78, 5) is 32.1. The molecule has 1 atom stereocenters. The molecule has 20 heavy (non-hydrogen) atoms. The molecule has 2 aromatic rings. The number of rotatable bonds is 2. The SMILES string of the molecule is Cc1cc2[nH]cnc2c(N2CC(C(=O)O)CC2=O)c1C. The number of nitrogens with zero attached hydrogens (tertiary/aromatic N) is 2. The number of carboxylic acids is 1. The normalized spacial score (nSPS) is 19.0. The maximum Gasteiger partial charge on any atom is 0.308 e. The number of aryl methyl sites for hydroxylation is 1. The number of H-pyrrole nitrogens is 1. The molecule has 1 unspecified atom stereocenters. The summed E-state index contributed by atoms with van der Waals surface area (Å²) < 4.78 is 0. The quantitative estimate of drug-likeness (QED) is 0.870. The van der Waals surface area contributed by atoms with E-state index >= 15 is 0 Å². The fourth-order valence-corrected chi connectivity index (χ4v) is 2.71. The number of hydrogen-bond acceptors (Lipinski definition) is 3. The molecule has 6 heteroatoms. The van der Waals surface area contributed by atoms with Gasteiger partial charge in [-0.25, -0.2) is 4.98 Å². The summed E-state index contributed by atoms with van der Waals surface area (Å²) in [6.07, 6.45) is 1.64. The molecule has 6 nitrogen and oxygen atoms in total. The van der Waals surface area contributed by atoms with E-state index in [1.807, 2.05) is 19.9 Å². The molecular weight excluding hydrogens is 258 g/mol. The molecule has 3 rings (SSSR count). The predicted octanol–water partition coefficient (Wildman–Crippen LogP) is 1.62. The average molecular weight is 273 g/mol. The lowest BCUT2D eigenvalue weighted by atomic mass is 10.1. The summed E-state index contributed by atoms with van der Waals surface area (Å²) >= 11 is 0. The van der Waals surface area contributed by atoms with Crippen molar-refractivity contribution < 1.29 is 14.7 Å². The third-order valence-corrected chi connectivity index (χ3v) is 3.94. The maximum absolute atomic E-state index is 12.1. The Balaban J connectivity index is 2.15. The van der Waals surface area contributed by atoms with Crippen LogP contribution in [0.25, 0.3) is 11.0 Å². The van der Waals surface area contributed by atoms with Crippen molar-refractivity contribution in [2.45, 2.75) is 20.3 Å². The van der Waals surface area contributed by atoms with E-state index in [-0.39, 0.29) is 18.9 Å². The lowest BCUT2D eigenvalue weighted by molar-refractivity contribution is -0.141. The third kappa shape index (κ3) is 1.76. The minimum Gasteiger partial charge on any atom is -0.481 e. The van der Waals surface area contributed by atoms with Crippen molar-refractivity contribution in [3.8, 4) is 0 Å². The molecule has 0 bridgehead atoms. The summed E-state index contributed by atoms with van der Waals surface area (Å²) in [6, 6.07) is 1.98. The summed E-state index contributed by atoms with van der Waals surface area (Å²) in [6.45, 7) is 4.11. The van der Waals surface area contributed by atoms with Gasteiger partial charge in [0.2, 0.25) is 5.91 Å². The second-order valence-electron chi connectivity index (χ2n) is 5.21. The molecule has 1 fully saturated rings. The second kappa shape index (κ2) is 4.33. The van der Waals surface area contributed by atoms with Gasteiger partial charge in [-0.1, -0.05) is 0 Å². The topological polar surface area (TPSA) is 86.3 Å². The number of anilines is 1. The number of nitrogens with one attached hydrogen (secondary N) is 1. The van der Waals surface area contributed by atoms with Crippen molar-refractivity contribution in [2.75, 3.05) is 11.4 Å². The number of benzene rings is 1. The fourth-order valence-electron chi connectivity index (χ4n) is 2.71. The van der Waals surface area contributed by atoms with Gasteiger partial charge in [-0.2, -0.15) is 0 Å². The van der Waals surface area contributed by atoms with Crippen LogP contribution in [0.1, 0.15) is 17.5 Å². The molecule has 0 spiro atoms. The van der Waals surface area contributed by atoms with Crippen molar-refractivity contribution >= 4 is 28.6 Å². The van der Waals surface area contributed by atoms with E-state index in [2.05, 4.69) is 9.97 Å². The van der Waals surface area contributed by atoms with Crippen LogP contribution in [0.4, 0.5) is 5.69 Å². The summed E-state index contributed by atoms with van der Waals surface area (Å²) in [5.41, 5.74) is 4.31. The zero-order valence-corrected chi connectivity index (χ0v) is 11.3. The van der Waals surface area contributed by atoms with Crippen molar-refractivity contribution in [3.63, 3.8) is 0 Å². The van der Waals surface area contributed by atoms with Gasteiger partial charge in [0.05, 0.1) is 23.4 Å². The summed E-state index contributed by atoms with van der Waals surface area (Å²) in [5, 5.41) is 9.09. The van der Waals surface area contributed by atoms with Gasteiger partial charge in [-0.05, 0) is 31.0 Å². The molecule has 0 radical (unpaired) electrons. The van der Waals surface area contributed by atoms with E-state index in [1.165, 1.54) is 0 Å². The first kappa shape index (κ1) is 12.7. The molecular formula is C14H15N3O3. The molecule has 1 aliphatic heterocycles. The predicted molar refractivity (Wildman–Crippen MR) is 73.7 cm³/mol. The highest BCUT2D eigenvalue weighted by Gasteiger charge is 2.36. The highest BCUT2D eigenvalue weighted by Crippen LogP contribution is 2.35. The Morgan fingerprint density at radius 3 is 2.90 bits per heavy atom. The number of carboxylic acid groups (broad SMARTS) is 1. The average Bonchev–Trinajstić information content (AvgIpc) is 2.98. The lowest BCUT2D eigenvalue weighted by Crippen LogP contribution is -2.27. The molecule has 1 amide bonds. The van der Waals surface area contributed by atoms with Crippen molar-refractivity contribution in [3.05, 3.63) is 23.5 Å². The number of imidazole rings is 1. The maximum atomic E-state index is 12.1. The number of hydrogen-bond donors (Lipinski definition) is 2. The first-order valence-electron chi connectivity index (χ1n) is 6.45. The Bertz CT molecular complexity index is 720. The van der Waals surface area contributed by atoms with Gasteiger partial charge >= 0.3 is 5.97 Å². The summed E-state index contributed by atoms with van der Waals surface area (Å²) in [5.74, 6) is -1.73. The number of aromatic nitrogens is 2. The van der Waals surface area contributed by atoms with Crippen LogP contribution in [0, 0.1) is 19.8 Å². The number of amides is 1. The van der Waals surface area contributed by atoms with Crippen LogP contribution in [0.5, 0.6) is 0 Å². The third-order valence-electron chi connectivity index (χ3n) is 3.94. The van der Waals surface area contributed by atoms with Crippen LogP contribution in [0.3, 0.4) is 0 Å². The lowest BCUT2D eigenvalue weighted by Gasteiger charge is -2.20. The van der Waals surface area contributed by atoms with Gasteiger partial charge in [-0.15, -0.1) is 0 Å². The standard InChI is InChI=1S/C14H15N3O3/c1-7-3-10-12(16-6-15-10)13(8(7)2)17-5-9(14(19)20)4-11(17)18/h3,6,9H,4-5H2,1-2H3,(H,15,16)(H,19,20).